The lowest BCUT2D eigenvalue weighted by molar-refractivity contribution is -0.142. The van der Waals surface area contributed by atoms with Gasteiger partial charge in [0.1, 0.15) is 65.9 Å². The number of aliphatic carboxylic acids is 1. The molecule has 562 valence electrons. The maximum Gasteiger partial charge on any atom is 0.326 e. The number of imidazole rings is 2. The molecule has 0 aliphatic rings. The van der Waals surface area contributed by atoms with Crippen LogP contribution in [-0.4, -0.2) is 186 Å². The molecule has 105 heavy (non-hydrogen) atoms. The van der Waals surface area contributed by atoms with Gasteiger partial charge in [-0.15, -0.1) is 0 Å². The summed E-state index contributed by atoms with van der Waals surface area (Å²) in [5, 5.41) is 64.0. The minimum absolute atomic E-state index is 0.118. The van der Waals surface area contributed by atoms with Crippen molar-refractivity contribution < 1.29 is 72.9 Å². The Kier molecular flexibility index (Phi) is 32.9. The van der Waals surface area contributed by atoms with Crippen molar-refractivity contribution >= 4 is 76.9 Å². The number of primary amides is 2. The Morgan fingerprint density at radius 2 is 0.724 bits per heavy atom. The lowest BCUT2D eigenvalue weighted by Gasteiger charge is -2.28. The largest absolute Gasteiger partial charge is 0.508 e. The summed E-state index contributed by atoms with van der Waals surface area (Å²) < 4.78 is 0. The second-order valence-corrected chi connectivity index (χ2v) is 25.0. The molecule has 6 rings (SSSR count). The van der Waals surface area contributed by atoms with Gasteiger partial charge in [-0.05, 0) is 98.0 Å². The summed E-state index contributed by atoms with van der Waals surface area (Å²) in [7, 11) is 0. The zero-order valence-electron chi connectivity index (χ0n) is 57.5. The molecule has 0 saturated heterocycles. The van der Waals surface area contributed by atoms with Gasteiger partial charge in [0, 0.05) is 81.7 Å². The van der Waals surface area contributed by atoms with E-state index < -0.39 is 163 Å². The number of carbonyl (C=O) groups excluding carboxylic acids is 11. The first-order chi connectivity index (χ1) is 50.2. The predicted octanol–water partition coefficient (Wildman–Crippen LogP) is -3.00. The highest BCUT2D eigenvalue weighted by Crippen LogP contribution is 2.17. The van der Waals surface area contributed by atoms with Crippen LogP contribution in [0.15, 0.2) is 134 Å². The quantitative estimate of drug-likeness (QED) is 0.0103. The molecule has 0 aliphatic carbocycles. The first-order valence-corrected chi connectivity index (χ1v) is 33.9. The second-order valence-electron chi connectivity index (χ2n) is 25.0. The van der Waals surface area contributed by atoms with Crippen LogP contribution in [0.25, 0.3) is 0 Å². The Hall–Kier alpha value is -12.3. The number of hydrogen-bond acceptors (Lipinski definition) is 19. The molecule has 26 N–H and O–H groups in total. The number of nitrogens with zero attached hydrogens (tertiary/aromatic N) is 2. The Balaban J connectivity index is 1.27. The van der Waals surface area contributed by atoms with Crippen LogP contribution in [0, 0.1) is 5.41 Å². The van der Waals surface area contributed by atoms with E-state index in [1.54, 1.807) is 60.7 Å². The van der Waals surface area contributed by atoms with Gasteiger partial charge in [0.05, 0.1) is 18.7 Å². The molecule has 0 fully saturated rings. The van der Waals surface area contributed by atoms with E-state index in [4.69, 9.17) is 34.1 Å². The van der Waals surface area contributed by atoms with Crippen molar-refractivity contribution in [3.05, 3.63) is 168 Å². The van der Waals surface area contributed by atoms with Crippen molar-refractivity contribution in [3.8, 4) is 11.5 Å². The summed E-state index contributed by atoms with van der Waals surface area (Å²) in [6.45, 7) is 0.378. The number of hydrogen-bond donors (Lipinski definition) is 21. The highest BCUT2D eigenvalue weighted by atomic mass is 16.4. The van der Waals surface area contributed by atoms with Gasteiger partial charge in [-0.1, -0.05) is 84.9 Å². The van der Waals surface area contributed by atoms with Crippen molar-refractivity contribution in [2.45, 2.75) is 157 Å². The standard InChI is InChI=1S/C70H92N20O15/c71-28-8-7-15-49(82-64(99)54(32-43-18-22-47(92)23-19-43)88-67(102)55(34-44-36-77-38-80-44)85-60(95)48(72)14-9-29-79-70(75)76)61(96)83-50(24-26-58(73)93)62(97)87-53(31-42-16-20-46(91)21-17-42)65(100)84-51(25-27-59(74)94)63(98)86-52(30-40-10-3-1-4-11-40)66(101)89-56(35-45-37-78-39-81-45)68(103)90-57(69(104)105)33-41-12-5-2-6-13-41/h1-6,10-13,16-23,36-39,48-57,91-92H,7-9,14-15,24-35,71-72H2,(H2,73,93)(H2,74,94)(H,77,80)(H,78,81)(H,82,99)(H,83,96)(H,84,100)(H,85,95)(H,86,98)(H,87,97)(H,88,102)(H,89,101)(H,90,103)(H,104,105)(H4,75,76,79)/t48-,49-,50-,51-,52-,53-,54-,55-,56-,57-/m0/s1. The molecule has 35 heteroatoms. The predicted molar refractivity (Wildman–Crippen MR) is 380 cm³/mol. The molecular formula is C70H92N20O15. The van der Waals surface area contributed by atoms with E-state index in [0.717, 1.165) is 0 Å². The third kappa shape index (κ3) is 28.9. The molecule has 4 aromatic carbocycles. The van der Waals surface area contributed by atoms with Crippen LogP contribution in [-0.2, 0) is 96.1 Å². The van der Waals surface area contributed by atoms with Crippen LogP contribution < -0.4 is 81.8 Å². The molecule has 0 unspecified atom stereocenters. The number of rotatable bonds is 45. The number of benzene rings is 4. The second kappa shape index (κ2) is 42.2. The minimum atomic E-state index is -1.73. The van der Waals surface area contributed by atoms with Crippen LogP contribution >= 0.6 is 0 Å². The summed E-state index contributed by atoms with van der Waals surface area (Å²) in [4.78, 5) is 182. The van der Waals surface area contributed by atoms with Gasteiger partial charge in [-0.25, -0.2) is 14.8 Å². The number of phenolic OH excluding ortho intramolecular Hbond substituents is 2. The molecule has 2 aromatic heterocycles. The van der Waals surface area contributed by atoms with Crippen LogP contribution in [0.3, 0.4) is 0 Å². The average Bonchev–Trinajstić information content (AvgIpc) is 1.58. The van der Waals surface area contributed by atoms with E-state index in [-0.39, 0.29) is 81.9 Å². The molecule has 0 bridgehead atoms. The maximum atomic E-state index is 14.9. The Labute approximate surface area is 603 Å². The van der Waals surface area contributed by atoms with Gasteiger partial charge >= 0.3 is 5.97 Å². The normalized spacial score (nSPS) is 13.8. The summed E-state index contributed by atoms with van der Waals surface area (Å²) >= 11 is 0. The van der Waals surface area contributed by atoms with Crippen LogP contribution in [0.5, 0.6) is 11.5 Å². The Morgan fingerprint density at radius 3 is 1.07 bits per heavy atom. The third-order valence-corrected chi connectivity index (χ3v) is 16.6. The maximum absolute atomic E-state index is 14.9. The lowest BCUT2D eigenvalue weighted by Crippen LogP contribution is -2.61. The van der Waals surface area contributed by atoms with Gasteiger partial charge in [-0.2, -0.15) is 0 Å². The first-order valence-electron chi connectivity index (χ1n) is 33.9. The first kappa shape index (κ1) is 81.7. The summed E-state index contributed by atoms with van der Waals surface area (Å²) in [6, 6.07) is 12.6. The number of aromatic hydroxyl groups is 2. The highest BCUT2D eigenvalue weighted by molar-refractivity contribution is 5.99. The molecule has 2 heterocycles. The molecule has 0 aliphatic heterocycles. The zero-order valence-corrected chi connectivity index (χ0v) is 57.5. The monoisotopic (exact) mass is 1450 g/mol. The Morgan fingerprint density at radius 1 is 0.400 bits per heavy atom. The van der Waals surface area contributed by atoms with Gasteiger partial charge in [0.15, 0.2) is 5.96 Å². The number of guanidine groups is 1. The molecule has 6 aromatic rings. The number of aromatic nitrogens is 4. The molecule has 10 atom stereocenters. The number of carboxylic acid groups (broad SMARTS) is 1. The summed E-state index contributed by atoms with van der Waals surface area (Å²) in [6.07, 6.45) is 2.85. The molecule has 0 saturated carbocycles. The summed E-state index contributed by atoms with van der Waals surface area (Å²) in [5.74, 6) is -12.5. The van der Waals surface area contributed by atoms with Crippen LogP contribution in [0.4, 0.5) is 0 Å². The molecule has 0 spiro atoms. The number of nitrogens with one attached hydrogen (secondary N) is 13. The van der Waals surface area contributed by atoms with Crippen LogP contribution in [0.1, 0.15) is 91.4 Å². The molecule has 0 radical (unpaired) electrons. The average molecular weight is 1450 g/mol. The number of phenols is 2. The van der Waals surface area contributed by atoms with Crippen molar-refractivity contribution in [2.75, 3.05) is 13.1 Å². The van der Waals surface area contributed by atoms with E-state index in [9.17, 15) is 72.9 Å². The number of H-pyrrole nitrogens is 2. The minimum Gasteiger partial charge on any atom is -0.508 e. The number of carbonyl (C=O) groups is 12. The fourth-order valence-corrected chi connectivity index (χ4v) is 10.9. The molecular weight excluding hydrogens is 1360 g/mol. The van der Waals surface area contributed by atoms with Gasteiger partial charge in [-0.3, -0.25) is 58.1 Å². The van der Waals surface area contributed by atoms with E-state index in [1.807, 2.05) is 0 Å². The third-order valence-electron chi connectivity index (χ3n) is 16.6. The van der Waals surface area contributed by atoms with Crippen molar-refractivity contribution in [3.63, 3.8) is 0 Å². The zero-order chi connectivity index (χ0) is 76.4. The lowest BCUT2D eigenvalue weighted by atomic mass is 10.0. The molecule has 11 amide bonds. The topological polar surface area (TPSA) is 597 Å². The highest BCUT2D eigenvalue weighted by Gasteiger charge is 2.37. The fourth-order valence-electron chi connectivity index (χ4n) is 10.9. The van der Waals surface area contributed by atoms with Crippen molar-refractivity contribution in [2.24, 2.45) is 28.7 Å². The van der Waals surface area contributed by atoms with Gasteiger partial charge < -0.3 is 107 Å². The summed E-state index contributed by atoms with van der Waals surface area (Å²) in [5.41, 5.74) is 31.2. The van der Waals surface area contributed by atoms with E-state index >= 15 is 0 Å². The van der Waals surface area contributed by atoms with Crippen molar-refractivity contribution in [1.82, 2.24) is 73.1 Å². The van der Waals surface area contributed by atoms with Gasteiger partial charge in [0.2, 0.25) is 65.0 Å². The van der Waals surface area contributed by atoms with Crippen LogP contribution in [0.2, 0.25) is 0 Å². The van der Waals surface area contributed by atoms with E-state index in [1.165, 1.54) is 73.6 Å². The smallest absolute Gasteiger partial charge is 0.326 e. The van der Waals surface area contributed by atoms with E-state index in [0.29, 0.717) is 46.5 Å². The number of nitrogens with two attached hydrogens (primary N) is 5. The number of unbranched alkanes of at least 4 members (excludes halogenated alkanes) is 1. The molecule has 35 nitrogen and oxygen atoms in total. The van der Waals surface area contributed by atoms with Gasteiger partial charge in [0.25, 0.3) is 0 Å². The van der Waals surface area contributed by atoms with E-state index in [2.05, 4.69) is 73.1 Å². The van der Waals surface area contributed by atoms with Crippen molar-refractivity contribution in [1.29, 1.82) is 5.41 Å². The SMILES string of the molecule is N=C(N)NCCC[C@H](N)C(=O)N[C@@H](Cc1cnc[nH]1)C(=O)N[C@@H](Cc1ccc(O)cc1)C(=O)N[C@@H](CCCCN)C(=O)N[C@@H](CCC(N)=O)C(=O)N[C@@H](Cc1ccc(O)cc1)C(=O)N[C@@H](CCC(N)=O)C(=O)N[C@@H](Cc1ccccc1)C(=O)N[C@@H](Cc1cnc[nH]1)C(=O)N[C@@H](Cc1ccccc1)C(=O)O. The number of amides is 11. The fraction of sp³-hybridized carbons (Fsp3) is 0.386. The number of carboxylic acids is 1. The number of aromatic amines is 2. The Bertz CT molecular complexity index is 3850.